The number of H-pyrrole nitrogens is 1. The number of alkyl halides is 3. The molecule has 1 amide bonds. The quantitative estimate of drug-likeness (QED) is 0.668. The summed E-state index contributed by atoms with van der Waals surface area (Å²) in [6.45, 7) is -0.117. The summed E-state index contributed by atoms with van der Waals surface area (Å²) in [6, 6.07) is 2.80. The lowest BCUT2D eigenvalue weighted by Gasteiger charge is -2.19. The summed E-state index contributed by atoms with van der Waals surface area (Å²) < 4.78 is 59.4. The molecule has 8 nitrogen and oxygen atoms in total. The Balaban J connectivity index is 2.27. The third kappa shape index (κ3) is 6.17. The molecule has 0 fully saturated rings. The van der Waals surface area contributed by atoms with Crippen molar-refractivity contribution >= 4 is 11.9 Å². The van der Waals surface area contributed by atoms with Gasteiger partial charge in [-0.05, 0) is 17.7 Å². The van der Waals surface area contributed by atoms with Gasteiger partial charge < -0.3 is 19.7 Å². The lowest BCUT2D eigenvalue weighted by molar-refractivity contribution is -0.275. The third-order valence-corrected chi connectivity index (χ3v) is 3.61. The van der Waals surface area contributed by atoms with E-state index in [0.29, 0.717) is 0 Å². The van der Waals surface area contributed by atoms with E-state index in [9.17, 15) is 27.2 Å². The minimum absolute atomic E-state index is 0.117. The average Bonchev–Trinajstić information content (AvgIpc) is 2.61. The molecule has 0 aliphatic heterocycles. The monoisotopic (exact) mass is 418 g/mol. The summed E-state index contributed by atoms with van der Waals surface area (Å²) in [4.78, 5) is 32.2. The molecule has 1 atom stereocenters. The largest absolute Gasteiger partial charge is 0.573 e. The van der Waals surface area contributed by atoms with Gasteiger partial charge >= 0.3 is 6.36 Å². The van der Waals surface area contributed by atoms with Gasteiger partial charge in [0.15, 0.2) is 11.6 Å². The Kier molecular flexibility index (Phi) is 6.80. The Hall–Kier alpha value is -3.15. The summed E-state index contributed by atoms with van der Waals surface area (Å²) in [5.41, 5.74) is -0.627. The van der Waals surface area contributed by atoms with E-state index in [0.717, 1.165) is 24.3 Å². The van der Waals surface area contributed by atoms with E-state index in [1.807, 2.05) is 0 Å². The van der Waals surface area contributed by atoms with Crippen LogP contribution in [0.1, 0.15) is 22.1 Å². The zero-order valence-electron chi connectivity index (χ0n) is 15.6. The van der Waals surface area contributed by atoms with Crippen LogP contribution in [0.4, 0.5) is 23.5 Å². The fourth-order valence-corrected chi connectivity index (χ4v) is 2.33. The Morgan fingerprint density at radius 2 is 2.00 bits per heavy atom. The maximum atomic E-state index is 14.0. The molecule has 2 rings (SSSR count). The van der Waals surface area contributed by atoms with Crippen molar-refractivity contribution in [1.29, 1.82) is 0 Å². The fraction of sp³-hybridized carbons (Fsp3) is 0.353. The van der Waals surface area contributed by atoms with Crippen molar-refractivity contribution < 1.29 is 31.8 Å². The first-order chi connectivity index (χ1) is 13.5. The molecule has 0 aliphatic carbocycles. The number of hydrogen-bond acceptors (Lipinski definition) is 6. The molecule has 158 valence electrons. The van der Waals surface area contributed by atoms with Crippen LogP contribution < -0.4 is 20.5 Å². The first-order valence-electron chi connectivity index (χ1n) is 8.14. The minimum Gasteiger partial charge on any atom is -0.403 e. The van der Waals surface area contributed by atoms with Gasteiger partial charge in [-0.3, -0.25) is 14.6 Å². The van der Waals surface area contributed by atoms with Gasteiger partial charge in [0.2, 0.25) is 5.95 Å². The van der Waals surface area contributed by atoms with Crippen molar-refractivity contribution in [2.24, 2.45) is 0 Å². The lowest BCUT2D eigenvalue weighted by atomic mass is 10.1. The van der Waals surface area contributed by atoms with E-state index in [1.54, 1.807) is 14.1 Å². The second-order valence-electron chi connectivity index (χ2n) is 6.07. The molecular formula is C17H18F4N4O4. The number of anilines is 1. The van der Waals surface area contributed by atoms with Crippen LogP contribution in [0, 0.1) is 5.82 Å². The van der Waals surface area contributed by atoms with E-state index in [-0.39, 0.29) is 23.8 Å². The highest BCUT2D eigenvalue weighted by molar-refractivity contribution is 5.92. The zero-order chi connectivity index (χ0) is 21.8. The molecule has 0 spiro atoms. The van der Waals surface area contributed by atoms with Gasteiger partial charge in [-0.15, -0.1) is 13.2 Å². The van der Waals surface area contributed by atoms with Crippen molar-refractivity contribution in [2.75, 3.05) is 32.7 Å². The number of amides is 1. The summed E-state index contributed by atoms with van der Waals surface area (Å²) in [5, 5.41) is 2.51. The molecule has 2 N–H and O–H groups in total. The highest BCUT2D eigenvalue weighted by Crippen LogP contribution is 2.28. The van der Waals surface area contributed by atoms with Crippen LogP contribution in [0.2, 0.25) is 0 Å². The van der Waals surface area contributed by atoms with Gasteiger partial charge in [0, 0.05) is 27.3 Å². The maximum absolute atomic E-state index is 14.0. The molecule has 0 radical (unpaired) electrons. The van der Waals surface area contributed by atoms with Crippen molar-refractivity contribution in [3.8, 4) is 5.75 Å². The molecule has 1 unspecified atom stereocenters. The van der Waals surface area contributed by atoms with Gasteiger partial charge in [-0.2, -0.15) is 0 Å². The van der Waals surface area contributed by atoms with Gasteiger partial charge in [0.25, 0.3) is 11.5 Å². The Morgan fingerprint density at radius 1 is 1.31 bits per heavy atom. The number of halogens is 4. The molecule has 1 heterocycles. The highest BCUT2D eigenvalue weighted by atomic mass is 19.4. The van der Waals surface area contributed by atoms with Crippen LogP contribution >= 0.6 is 0 Å². The SMILES string of the molecule is COCC(NC(=O)c1cc(=O)[nH]c(N(C)C)n1)c1ccc(OC(F)(F)F)c(F)c1. The smallest absolute Gasteiger partial charge is 0.403 e. The Labute approximate surface area is 162 Å². The van der Waals surface area contributed by atoms with Crippen molar-refractivity contribution in [3.05, 3.63) is 51.7 Å². The topological polar surface area (TPSA) is 96.5 Å². The van der Waals surface area contributed by atoms with E-state index in [4.69, 9.17) is 4.74 Å². The number of ether oxygens (including phenoxy) is 2. The predicted molar refractivity (Wildman–Crippen MR) is 94.4 cm³/mol. The van der Waals surface area contributed by atoms with Crippen molar-refractivity contribution in [2.45, 2.75) is 12.4 Å². The first kappa shape index (κ1) is 22.1. The van der Waals surface area contributed by atoms with Gasteiger partial charge in [-0.25, -0.2) is 9.37 Å². The Morgan fingerprint density at radius 3 is 2.55 bits per heavy atom. The number of nitrogens with zero attached hydrogens (tertiary/aromatic N) is 2. The number of carbonyl (C=O) groups is 1. The van der Waals surface area contributed by atoms with Gasteiger partial charge in [0.05, 0.1) is 12.6 Å². The summed E-state index contributed by atoms with van der Waals surface area (Å²) >= 11 is 0. The number of nitrogens with one attached hydrogen (secondary N) is 2. The number of benzene rings is 1. The van der Waals surface area contributed by atoms with Gasteiger partial charge in [0.1, 0.15) is 5.69 Å². The molecule has 1 aromatic heterocycles. The van der Waals surface area contributed by atoms with Crippen LogP contribution in [0.5, 0.6) is 5.75 Å². The highest BCUT2D eigenvalue weighted by Gasteiger charge is 2.32. The van der Waals surface area contributed by atoms with Crippen LogP contribution in [0.3, 0.4) is 0 Å². The zero-order valence-corrected chi connectivity index (χ0v) is 15.6. The molecule has 12 heteroatoms. The Bertz CT molecular complexity index is 930. The lowest BCUT2D eigenvalue weighted by Crippen LogP contribution is -2.33. The summed E-state index contributed by atoms with van der Waals surface area (Å²) in [6.07, 6.45) is -5.04. The predicted octanol–water partition coefficient (Wildman–Crippen LogP) is 1.99. The number of hydrogen-bond donors (Lipinski definition) is 2. The maximum Gasteiger partial charge on any atom is 0.573 e. The summed E-state index contributed by atoms with van der Waals surface area (Å²) in [7, 11) is 4.55. The molecule has 0 bridgehead atoms. The second kappa shape index (κ2) is 8.90. The fourth-order valence-electron chi connectivity index (χ4n) is 2.33. The normalized spacial score (nSPS) is 12.4. The second-order valence-corrected chi connectivity index (χ2v) is 6.07. The molecule has 0 saturated heterocycles. The van der Waals surface area contributed by atoms with E-state index >= 15 is 0 Å². The molecule has 0 saturated carbocycles. The van der Waals surface area contributed by atoms with E-state index in [1.165, 1.54) is 12.0 Å². The standard InChI is InChI=1S/C17H18F4N4O4/c1-25(2)16-23-11(7-14(26)24-16)15(27)22-12(8-28-3)9-4-5-13(10(18)6-9)29-17(19,20)21/h4-7,12H,8H2,1-3H3,(H,22,27)(H,23,24,26). The number of methoxy groups -OCH3 is 1. The molecular weight excluding hydrogens is 400 g/mol. The van der Waals surface area contributed by atoms with Gasteiger partial charge in [-0.1, -0.05) is 6.07 Å². The average molecular weight is 418 g/mol. The summed E-state index contributed by atoms with van der Waals surface area (Å²) in [5.74, 6) is -2.88. The number of aromatic nitrogens is 2. The molecule has 1 aromatic carbocycles. The molecule has 2 aromatic rings. The van der Waals surface area contributed by atoms with Crippen molar-refractivity contribution in [3.63, 3.8) is 0 Å². The minimum atomic E-state index is -5.04. The molecule has 0 aliphatic rings. The molecule has 29 heavy (non-hydrogen) atoms. The van der Waals surface area contributed by atoms with E-state index in [2.05, 4.69) is 20.0 Å². The van der Waals surface area contributed by atoms with Crippen LogP contribution in [-0.2, 0) is 4.74 Å². The number of aromatic amines is 1. The first-order valence-corrected chi connectivity index (χ1v) is 8.14. The van der Waals surface area contributed by atoms with E-state index < -0.39 is 35.4 Å². The van der Waals surface area contributed by atoms with Crippen molar-refractivity contribution in [1.82, 2.24) is 15.3 Å². The van der Waals surface area contributed by atoms with Crippen LogP contribution in [0.25, 0.3) is 0 Å². The third-order valence-electron chi connectivity index (χ3n) is 3.61. The van der Waals surface area contributed by atoms with Crippen LogP contribution in [0.15, 0.2) is 29.1 Å². The number of carbonyl (C=O) groups excluding carboxylic acids is 1. The van der Waals surface area contributed by atoms with Crippen LogP contribution in [-0.4, -0.2) is 50.0 Å². The number of rotatable bonds is 7.